The lowest BCUT2D eigenvalue weighted by Crippen LogP contribution is -2.52. The molecule has 106 valence electrons. The standard InChI is InChI=1S/C16H26N2O/c1-13-7-6-10-18(15(13)11-17)12-16(2,19)14-8-4-3-5-9-14/h3-5,8-9,13,15,19H,6-7,10-12,17H2,1-2H3. The van der Waals surface area contributed by atoms with Crippen LogP contribution in [0.15, 0.2) is 30.3 Å². The predicted molar refractivity (Wildman–Crippen MR) is 78.8 cm³/mol. The lowest BCUT2D eigenvalue weighted by atomic mass is 9.88. The van der Waals surface area contributed by atoms with Crippen LogP contribution in [-0.2, 0) is 5.60 Å². The number of nitrogens with zero attached hydrogens (tertiary/aromatic N) is 1. The highest BCUT2D eigenvalue weighted by Crippen LogP contribution is 2.28. The van der Waals surface area contributed by atoms with E-state index in [9.17, 15) is 5.11 Å². The Morgan fingerprint density at radius 3 is 2.68 bits per heavy atom. The lowest BCUT2D eigenvalue weighted by molar-refractivity contribution is -0.0166. The van der Waals surface area contributed by atoms with E-state index < -0.39 is 5.60 Å². The Morgan fingerprint density at radius 2 is 2.05 bits per heavy atom. The molecule has 0 saturated carbocycles. The van der Waals surface area contributed by atoms with E-state index >= 15 is 0 Å². The van der Waals surface area contributed by atoms with Crippen LogP contribution in [0.25, 0.3) is 0 Å². The summed E-state index contributed by atoms with van der Waals surface area (Å²) >= 11 is 0. The topological polar surface area (TPSA) is 49.5 Å². The third-order valence-corrected chi connectivity index (χ3v) is 4.38. The largest absolute Gasteiger partial charge is 0.384 e. The molecule has 0 amide bonds. The second-order valence-electron chi connectivity index (χ2n) is 6.03. The Hall–Kier alpha value is -0.900. The Morgan fingerprint density at radius 1 is 1.37 bits per heavy atom. The zero-order chi connectivity index (χ0) is 13.9. The van der Waals surface area contributed by atoms with Crippen LogP contribution in [0.5, 0.6) is 0 Å². The van der Waals surface area contributed by atoms with Crippen molar-refractivity contribution in [3.8, 4) is 0 Å². The number of hydrogen-bond acceptors (Lipinski definition) is 3. The van der Waals surface area contributed by atoms with E-state index in [1.165, 1.54) is 12.8 Å². The summed E-state index contributed by atoms with van der Waals surface area (Å²) in [6.45, 7) is 6.53. The van der Waals surface area contributed by atoms with Gasteiger partial charge in [0, 0.05) is 19.1 Å². The van der Waals surface area contributed by atoms with Crippen LogP contribution in [0.2, 0.25) is 0 Å². The molecule has 1 fully saturated rings. The molecule has 1 aliphatic rings. The smallest absolute Gasteiger partial charge is 0.0994 e. The minimum atomic E-state index is -0.814. The monoisotopic (exact) mass is 262 g/mol. The van der Waals surface area contributed by atoms with Crippen LogP contribution in [0.4, 0.5) is 0 Å². The van der Waals surface area contributed by atoms with Crippen molar-refractivity contribution in [1.29, 1.82) is 0 Å². The normalized spacial score (nSPS) is 28.0. The number of aliphatic hydroxyl groups is 1. The van der Waals surface area contributed by atoms with Crippen molar-refractivity contribution in [2.75, 3.05) is 19.6 Å². The van der Waals surface area contributed by atoms with Gasteiger partial charge in [0.05, 0.1) is 5.60 Å². The van der Waals surface area contributed by atoms with E-state index in [4.69, 9.17) is 5.73 Å². The molecule has 3 nitrogen and oxygen atoms in total. The number of β-amino-alcohol motifs (C(OH)–C–C–N with tert-alkyl or cyclic N) is 1. The third kappa shape index (κ3) is 3.35. The Bertz CT molecular complexity index is 391. The lowest BCUT2D eigenvalue weighted by Gasteiger charge is -2.42. The van der Waals surface area contributed by atoms with Crippen LogP contribution in [0, 0.1) is 5.92 Å². The first-order chi connectivity index (χ1) is 9.04. The van der Waals surface area contributed by atoms with Crippen molar-refractivity contribution < 1.29 is 5.11 Å². The molecule has 0 bridgehead atoms. The summed E-state index contributed by atoms with van der Waals surface area (Å²) in [4.78, 5) is 2.36. The van der Waals surface area contributed by atoms with E-state index in [1.807, 2.05) is 37.3 Å². The second kappa shape index (κ2) is 6.04. The Labute approximate surface area is 116 Å². The van der Waals surface area contributed by atoms with Gasteiger partial charge in [-0.1, -0.05) is 37.3 Å². The molecular formula is C16H26N2O. The minimum absolute atomic E-state index is 0.393. The van der Waals surface area contributed by atoms with Gasteiger partial charge in [-0.25, -0.2) is 0 Å². The minimum Gasteiger partial charge on any atom is -0.384 e. The van der Waals surface area contributed by atoms with Gasteiger partial charge in [0.25, 0.3) is 0 Å². The van der Waals surface area contributed by atoms with Gasteiger partial charge in [-0.2, -0.15) is 0 Å². The van der Waals surface area contributed by atoms with Gasteiger partial charge in [0.2, 0.25) is 0 Å². The maximum atomic E-state index is 10.8. The summed E-state index contributed by atoms with van der Waals surface area (Å²) in [6, 6.07) is 10.3. The van der Waals surface area contributed by atoms with Gasteiger partial charge in [-0.3, -0.25) is 4.90 Å². The van der Waals surface area contributed by atoms with E-state index in [2.05, 4.69) is 11.8 Å². The molecule has 1 aliphatic heterocycles. The van der Waals surface area contributed by atoms with Crippen LogP contribution in [0.3, 0.4) is 0 Å². The zero-order valence-electron chi connectivity index (χ0n) is 12.0. The Kier molecular flexibility index (Phi) is 4.61. The molecule has 3 N–H and O–H groups in total. The van der Waals surface area contributed by atoms with Gasteiger partial charge < -0.3 is 10.8 Å². The first-order valence-electron chi connectivity index (χ1n) is 7.26. The molecule has 0 aliphatic carbocycles. The Balaban J connectivity index is 2.10. The van der Waals surface area contributed by atoms with E-state index in [-0.39, 0.29) is 0 Å². The summed E-state index contributed by atoms with van der Waals surface area (Å²) in [6.07, 6.45) is 2.44. The molecule has 3 unspecified atom stereocenters. The van der Waals surface area contributed by atoms with Crippen molar-refractivity contribution in [3.63, 3.8) is 0 Å². The van der Waals surface area contributed by atoms with Crippen molar-refractivity contribution in [1.82, 2.24) is 4.90 Å². The van der Waals surface area contributed by atoms with Gasteiger partial charge in [-0.15, -0.1) is 0 Å². The van der Waals surface area contributed by atoms with Crippen LogP contribution in [0.1, 0.15) is 32.3 Å². The molecule has 3 heteroatoms. The molecular weight excluding hydrogens is 236 g/mol. The summed E-state index contributed by atoms with van der Waals surface area (Å²) in [5, 5.41) is 10.8. The number of likely N-dealkylation sites (tertiary alicyclic amines) is 1. The molecule has 0 radical (unpaired) electrons. The average Bonchev–Trinajstić information content (AvgIpc) is 2.40. The van der Waals surface area contributed by atoms with Crippen molar-refractivity contribution in [3.05, 3.63) is 35.9 Å². The maximum Gasteiger partial charge on any atom is 0.0994 e. The predicted octanol–water partition coefficient (Wildman–Crippen LogP) is 1.95. The molecule has 0 spiro atoms. The molecule has 2 rings (SSSR count). The third-order valence-electron chi connectivity index (χ3n) is 4.38. The van der Waals surface area contributed by atoms with Crippen molar-refractivity contribution >= 4 is 0 Å². The maximum absolute atomic E-state index is 10.8. The molecule has 1 heterocycles. The fourth-order valence-corrected chi connectivity index (χ4v) is 3.20. The van der Waals surface area contributed by atoms with E-state index in [0.717, 1.165) is 12.1 Å². The van der Waals surface area contributed by atoms with Gasteiger partial charge in [0.1, 0.15) is 0 Å². The van der Waals surface area contributed by atoms with Crippen LogP contribution >= 0.6 is 0 Å². The van der Waals surface area contributed by atoms with E-state index in [0.29, 0.717) is 25.0 Å². The number of hydrogen-bond donors (Lipinski definition) is 2. The highest BCUT2D eigenvalue weighted by Gasteiger charge is 2.33. The summed E-state index contributed by atoms with van der Waals surface area (Å²) in [5.41, 5.74) is 6.08. The quantitative estimate of drug-likeness (QED) is 0.872. The molecule has 1 aromatic carbocycles. The number of nitrogens with two attached hydrogens (primary N) is 1. The molecule has 1 saturated heterocycles. The second-order valence-corrected chi connectivity index (χ2v) is 6.03. The first-order valence-corrected chi connectivity index (χ1v) is 7.26. The van der Waals surface area contributed by atoms with Crippen LogP contribution < -0.4 is 5.73 Å². The zero-order valence-corrected chi connectivity index (χ0v) is 12.0. The fraction of sp³-hybridized carbons (Fsp3) is 0.625. The molecule has 0 aromatic heterocycles. The summed E-state index contributed by atoms with van der Waals surface area (Å²) < 4.78 is 0. The SMILES string of the molecule is CC1CCCN(CC(C)(O)c2ccccc2)C1CN. The summed E-state index contributed by atoms with van der Waals surface area (Å²) in [7, 11) is 0. The van der Waals surface area contributed by atoms with Gasteiger partial charge in [-0.05, 0) is 37.8 Å². The van der Waals surface area contributed by atoms with Crippen LogP contribution in [-0.4, -0.2) is 35.7 Å². The fourth-order valence-electron chi connectivity index (χ4n) is 3.20. The number of piperidine rings is 1. The highest BCUT2D eigenvalue weighted by atomic mass is 16.3. The highest BCUT2D eigenvalue weighted by molar-refractivity contribution is 5.22. The number of benzene rings is 1. The van der Waals surface area contributed by atoms with E-state index in [1.54, 1.807) is 0 Å². The first kappa shape index (κ1) is 14.5. The molecule has 19 heavy (non-hydrogen) atoms. The van der Waals surface area contributed by atoms with Gasteiger partial charge >= 0.3 is 0 Å². The molecule has 1 aromatic rings. The van der Waals surface area contributed by atoms with Crippen molar-refractivity contribution in [2.45, 2.75) is 38.3 Å². The van der Waals surface area contributed by atoms with Crippen molar-refractivity contribution in [2.24, 2.45) is 11.7 Å². The molecule has 3 atom stereocenters. The average molecular weight is 262 g/mol. The van der Waals surface area contributed by atoms with Gasteiger partial charge in [0.15, 0.2) is 0 Å². The summed E-state index contributed by atoms with van der Waals surface area (Å²) in [5.74, 6) is 0.616. The number of rotatable bonds is 4.